The molecule has 1 aliphatic heterocycles. The Bertz CT molecular complexity index is 966. The van der Waals surface area contributed by atoms with E-state index in [9.17, 15) is 9.59 Å². The highest BCUT2D eigenvalue weighted by Gasteiger charge is 2.23. The fourth-order valence-electron chi connectivity index (χ4n) is 3.35. The molecule has 0 saturated carbocycles. The summed E-state index contributed by atoms with van der Waals surface area (Å²) in [4.78, 5) is 29.0. The number of benzene rings is 1. The zero-order chi connectivity index (χ0) is 16.7. The van der Waals surface area contributed by atoms with Crippen LogP contribution in [0, 0.1) is 6.92 Å². The van der Waals surface area contributed by atoms with Crippen LogP contribution in [0.25, 0.3) is 10.9 Å². The number of carbonyl (C=O) groups excluding carboxylic acids is 1. The zero-order valence-corrected chi connectivity index (χ0v) is 13.4. The number of aryl methyl sites for hydroxylation is 1. The third-order valence-electron chi connectivity index (χ3n) is 4.60. The van der Waals surface area contributed by atoms with Crippen LogP contribution in [0.4, 0.5) is 0 Å². The van der Waals surface area contributed by atoms with Gasteiger partial charge in [0, 0.05) is 42.2 Å². The molecule has 1 amide bonds. The van der Waals surface area contributed by atoms with Crippen LogP contribution < -0.4 is 5.56 Å². The number of H-pyrrole nitrogens is 2. The third kappa shape index (κ3) is 2.50. The second-order valence-corrected chi connectivity index (χ2v) is 6.23. The Morgan fingerprint density at radius 1 is 1.17 bits per heavy atom. The highest BCUT2D eigenvalue weighted by molar-refractivity contribution is 5.92. The topological polar surface area (TPSA) is 81.9 Å². The van der Waals surface area contributed by atoms with E-state index in [-0.39, 0.29) is 17.2 Å². The fraction of sp³-hybridized carbons (Fsp3) is 0.278. The lowest BCUT2D eigenvalue weighted by Gasteiger charge is -2.19. The predicted molar refractivity (Wildman–Crippen MR) is 91.2 cm³/mol. The van der Waals surface area contributed by atoms with Crippen molar-refractivity contribution in [1.82, 2.24) is 20.1 Å². The Hall–Kier alpha value is -2.89. The number of carbonyl (C=O) groups is 1. The number of nitrogens with one attached hydrogen (secondary N) is 2. The van der Waals surface area contributed by atoms with Gasteiger partial charge in [0.05, 0.1) is 0 Å². The van der Waals surface area contributed by atoms with Crippen molar-refractivity contribution >= 4 is 16.8 Å². The number of fused-ring (bicyclic) bond motifs is 3. The SMILES string of the molecule is Cc1ccc2[nH]c3c(c2c1)CCN(C(=O)c1ccc(=O)[nH]n1)CC3. The van der Waals surface area contributed by atoms with Gasteiger partial charge in [-0.15, -0.1) is 0 Å². The van der Waals surface area contributed by atoms with E-state index in [0.29, 0.717) is 13.1 Å². The molecular weight excluding hydrogens is 304 g/mol. The summed E-state index contributed by atoms with van der Waals surface area (Å²) in [7, 11) is 0. The summed E-state index contributed by atoms with van der Waals surface area (Å²) in [5, 5.41) is 7.42. The van der Waals surface area contributed by atoms with Crippen LogP contribution in [0.5, 0.6) is 0 Å². The molecule has 0 unspecified atom stereocenters. The van der Waals surface area contributed by atoms with Gasteiger partial charge in [0.15, 0.2) is 0 Å². The predicted octanol–water partition coefficient (Wildman–Crippen LogP) is 1.80. The maximum atomic E-state index is 12.6. The normalized spacial score (nSPS) is 14.5. The molecule has 0 fully saturated rings. The van der Waals surface area contributed by atoms with Gasteiger partial charge >= 0.3 is 0 Å². The first-order valence-electron chi connectivity index (χ1n) is 8.07. The van der Waals surface area contributed by atoms with E-state index in [4.69, 9.17) is 0 Å². The average Bonchev–Trinajstić information content (AvgIpc) is 2.78. The Labute approximate surface area is 138 Å². The van der Waals surface area contributed by atoms with Crippen molar-refractivity contribution in [1.29, 1.82) is 0 Å². The smallest absolute Gasteiger partial charge is 0.274 e. The number of hydrogen-bond donors (Lipinski definition) is 2. The van der Waals surface area contributed by atoms with Gasteiger partial charge in [-0.2, -0.15) is 5.10 Å². The van der Waals surface area contributed by atoms with E-state index in [1.807, 2.05) is 0 Å². The van der Waals surface area contributed by atoms with Crippen LogP contribution in [-0.4, -0.2) is 39.1 Å². The highest BCUT2D eigenvalue weighted by Crippen LogP contribution is 2.27. The summed E-state index contributed by atoms with van der Waals surface area (Å²) in [5.74, 6) is -0.142. The number of aromatic nitrogens is 3. The summed E-state index contributed by atoms with van der Waals surface area (Å²) in [6.45, 7) is 3.37. The summed E-state index contributed by atoms with van der Waals surface area (Å²) in [5.41, 5.74) is 4.88. The molecule has 122 valence electrons. The zero-order valence-electron chi connectivity index (χ0n) is 13.4. The monoisotopic (exact) mass is 322 g/mol. The molecule has 2 aromatic heterocycles. The van der Waals surface area contributed by atoms with Crippen molar-refractivity contribution in [2.24, 2.45) is 0 Å². The Morgan fingerprint density at radius 2 is 2.00 bits per heavy atom. The van der Waals surface area contributed by atoms with Gasteiger partial charge in [0.25, 0.3) is 11.5 Å². The first-order valence-corrected chi connectivity index (χ1v) is 8.07. The van der Waals surface area contributed by atoms with E-state index in [1.165, 1.54) is 34.3 Å². The molecule has 1 aromatic carbocycles. The number of hydrogen-bond acceptors (Lipinski definition) is 3. The molecule has 0 saturated heterocycles. The van der Waals surface area contributed by atoms with Crippen molar-refractivity contribution in [2.75, 3.05) is 13.1 Å². The van der Waals surface area contributed by atoms with Crippen LogP contribution in [0.1, 0.15) is 27.3 Å². The molecule has 24 heavy (non-hydrogen) atoms. The first-order chi connectivity index (χ1) is 11.6. The summed E-state index contributed by atoms with van der Waals surface area (Å²) in [6, 6.07) is 9.23. The maximum absolute atomic E-state index is 12.6. The lowest BCUT2D eigenvalue weighted by Crippen LogP contribution is -2.34. The molecule has 2 N–H and O–H groups in total. The highest BCUT2D eigenvalue weighted by atomic mass is 16.2. The molecule has 3 heterocycles. The number of amides is 1. The molecule has 4 rings (SSSR count). The van der Waals surface area contributed by atoms with Crippen molar-refractivity contribution in [3.05, 3.63) is 63.2 Å². The first kappa shape index (κ1) is 14.7. The van der Waals surface area contributed by atoms with E-state index in [0.717, 1.165) is 18.4 Å². The van der Waals surface area contributed by atoms with Crippen LogP contribution in [0.15, 0.2) is 35.1 Å². The molecule has 0 bridgehead atoms. The lowest BCUT2D eigenvalue weighted by molar-refractivity contribution is 0.0755. The van der Waals surface area contributed by atoms with Gasteiger partial charge < -0.3 is 9.88 Å². The van der Waals surface area contributed by atoms with E-state index < -0.39 is 0 Å². The summed E-state index contributed by atoms with van der Waals surface area (Å²) >= 11 is 0. The molecule has 0 radical (unpaired) electrons. The molecule has 0 atom stereocenters. The van der Waals surface area contributed by atoms with E-state index in [2.05, 4.69) is 40.3 Å². The molecular formula is C18H18N4O2. The van der Waals surface area contributed by atoms with Gasteiger partial charge in [-0.3, -0.25) is 9.59 Å². The quantitative estimate of drug-likeness (QED) is 0.717. The minimum Gasteiger partial charge on any atom is -0.358 e. The van der Waals surface area contributed by atoms with Gasteiger partial charge in [0.2, 0.25) is 0 Å². The van der Waals surface area contributed by atoms with Crippen molar-refractivity contribution in [3.8, 4) is 0 Å². The second-order valence-electron chi connectivity index (χ2n) is 6.23. The molecule has 6 nitrogen and oxygen atoms in total. The van der Waals surface area contributed by atoms with E-state index in [1.54, 1.807) is 4.90 Å². The summed E-state index contributed by atoms with van der Waals surface area (Å²) < 4.78 is 0. The maximum Gasteiger partial charge on any atom is 0.274 e. The number of aromatic amines is 2. The van der Waals surface area contributed by atoms with Gasteiger partial charge in [-0.1, -0.05) is 11.6 Å². The van der Waals surface area contributed by atoms with Crippen molar-refractivity contribution in [2.45, 2.75) is 19.8 Å². The largest absolute Gasteiger partial charge is 0.358 e. The van der Waals surface area contributed by atoms with Gasteiger partial charge in [0.1, 0.15) is 5.69 Å². The molecule has 0 spiro atoms. The van der Waals surface area contributed by atoms with Crippen molar-refractivity contribution in [3.63, 3.8) is 0 Å². The van der Waals surface area contributed by atoms with Gasteiger partial charge in [-0.25, -0.2) is 5.10 Å². The minimum atomic E-state index is -0.306. The molecule has 3 aromatic rings. The Balaban J connectivity index is 1.61. The molecule has 0 aliphatic carbocycles. The third-order valence-corrected chi connectivity index (χ3v) is 4.60. The Morgan fingerprint density at radius 3 is 2.79 bits per heavy atom. The Kier molecular flexibility index (Phi) is 3.45. The van der Waals surface area contributed by atoms with Crippen LogP contribution in [-0.2, 0) is 12.8 Å². The fourth-order valence-corrected chi connectivity index (χ4v) is 3.35. The van der Waals surface area contributed by atoms with Crippen LogP contribution in [0.2, 0.25) is 0 Å². The van der Waals surface area contributed by atoms with Crippen LogP contribution in [0.3, 0.4) is 0 Å². The number of rotatable bonds is 1. The molecule has 6 heteroatoms. The van der Waals surface area contributed by atoms with E-state index >= 15 is 0 Å². The molecule has 1 aliphatic rings. The second kappa shape index (κ2) is 5.63. The standard InChI is InChI=1S/C18H18N4O2/c1-11-2-3-14-13(10-11)12-6-8-22(9-7-15(12)19-14)18(24)16-4-5-17(23)21-20-16/h2-5,10,19H,6-9H2,1H3,(H,21,23). The average molecular weight is 322 g/mol. The summed E-state index contributed by atoms with van der Waals surface area (Å²) in [6.07, 6.45) is 1.60. The minimum absolute atomic E-state index is 0.142. The number of nitrogens with zero attached hydrogens (tertiary/aromatic N) is 2. The van der Waals surface area contributed by atoms with Crippen LogP contribution >= 0.6 is 0 Å². The van der Waals surface area contributed by atoms with Crippen molar-refractivity contribution < 1.29 is 4.79 Å². The lowest BCUT2D eigenvalue weighted by atomic mass is 10.1. The van der Waals surface area contributed by atoms with Gasteiger partial charge in [-0.05, 0) is 37.1 Å².